The highest BCUT2D eigenvalue weighted by molar-refractivity contribution is 5.94. The summed E-state index contributed by atoms with van der Waals surface area (Å²) in [6.45, 7) is 0. The van der Waals surface area contributed by atoms with Crippen LogP contribution in [0, 0.1) is 11.8 Å². The van der Waals surface area contributed by atoms with E-state index >= 15 is 0 Å². The molecule has 1 aliphatic rings. The van der Waals surface area contributed by atoms with Gasteiger partial charge in [-0.25, -0.2) is 4.98 Å². The van der Waals surface area contributed by atoms with Crippen LogP contribution in [0.3, 0.4) is 0 Å². The third-order valence-electron chi connectivity index (χ3n) is 2.80. The van der Waals surface area contributed by atoms with Crippen molar-refractivity contribution in [3.8, 4) is 0 Å². The van der Waals surface area contributed by atoms with E-state index in [9.17, 15) is 9.59 Å². The summed E-state index contributed by atoms with van der Waals surface area (Å²) in [6.07, 6.45) is 7.15. The lowest BCUT2D eigenvalue weighted by Gasteiger charge is -2.23. The van der Waals surface area contributed by atoms with Gasteiger partial charge < -0.3 is 5.11 Å². The molecule has 0 spiro atoms. The second-order valence-corrected chi connectivity index (χ2v) is 3.95. The molecular weight excluding hydrogens is 236 g/mol. The Morgan fingerprint density at radius 3 is 2.56 bits per heavy atom. The van der Waals surface area contributed by atoms with Crippen molar-refractivity contribution in [2.45, 2.75) is 12.8 Å². The summed E-state index contributed by atoms with van der Waals surface area (Å²) in [5.74, 6) is -2.57. The van der Waals surface area contributed by atoms with E-state index in [1.54, 1.807) is 6.08 Å². The highest BCUT2D eigenvalue weighted by atomic mass is 16.4. The van der Waals surface area contributed by atoms with E-state index in [1.807, 2.05) is 6.08 Å². The third-order valence-corrected chi connectivity index (χ3v) is 2.80. The van der Waals surface area contributed by atoms with E-state index in [1.165, 1.54) is 12.4 Å². The van der Waals surface area contributed by atoms with Crippen molar-refractivity contribution in [2.75, 3.05) is 5.32 Å². The molecule has 1 heterocycles. The van der Waals surface area contributed by atoms with Crippen LogP contribution in [0.1, 0.15) is 12.8 Å². The Balaban J connectivity index is 2.08. The van der Waals surface area contributed by atoms with Crippen LogP contribution in [0.4, 0.5) is 5.95 Å². The Kier molecular flexibility index (Phi) is 3.61. The molecule has 0 aliphatic heterocycles. The number of amides is 1. The predicted octanol–water partition coefficient (Wildman–Crippen LogP) is 0.477. The van der Waals surface area contributed by atoms with Gasteiger partial charge in [-0.2, -0.15) is 5.10 Å². The van der Waals surface area contributed by atoms with Crippen molar-refractivity contribution in [1.29, 1.82) is 0 Å². The van der Waals surface area contributed by atoms with Gasteiger partial charge in [0.05, 0.1) is 24.2 Å². The number of hydrogen-bond acceptors (Lipinski definition) is 5. The van der Waals surface area contributed by atoms with Gasteiger partial charge in [-0.3, -0.25) is 14.9 Å². The van der Waals surface area contributed by atoms with Gasteiger partial charge in [0, 0.05) is 0 Å². The van der Waals surface area contributed by atoms with E-state index in [4.69, 9.17) is 5.11 Å². The molecule has 2 N–H and O–H groups in total. The van der Waals surface area contributed by atoms with Crippen LogP contribution >= 0.6 is 0 Å². The first-order valence-corrected chi connectivity index (χ1v) is 5.51. The Morgan fingerprint density at radius 1 is 1.22 bits per heavy atom. The first kappa shape index (κ1) is 12.2. The Labute approximate surface area is 103 Å². The maximum absolute atomic E-state index is 12.0. The second kappa shape index (κ2) is 5.35. The third kappa shape index (κ3) is 2.68. The summed E-state index contributed by atoms with van der Waals surface area (Å²) in [5.41, 5.74) is 0. The number of nitrogens with zero attached hydrogens (tertiary/aromatic N) is 3. The van der Waals surface area contributed by atoms with Crippen molar-refractivity contribution < 1.29 is 14.7 Å². The van der Waals surface area contributed by atoms with Crippen LogP contribution in [0.5, 0.6) is 0 Å². The monoisotopic (exact) mass is 248 g/mol. The van der Waals surface area contributed by atoms with E-state index in [2.05, 4.69) is 20.5 Å². The maximum atomic E-state index is 12.0. The van der Waals surface area contributed by atoms with Gasteiger partial charge in [0.1, 0.15) is 0 Å². The van der Waals surface area contributed by atoms with Gasteiger partial charge in [-0.1, -0.05) is 12.2 Å². The lowest BCUT2D eigenvalue weighted by molar-refractivity contribution is -0.146. The highest BCUT2D eigenvalue weighted by Crippen LogP contribution is 2.26. The SMILES string of the molecule is O=C(O)[C@H]1CC=CC[C@H]1C(=O)Nc1nccnn1. The number of hydrogen-bond donors (Lipinski definition) is 2. The molecule has 1 amide bonds. The van der Waals surface area contributed by atoms with Crippen molar-refractivity contribution in [2.24, 2.45) is 11.8 Å². The number of aromatic nitrogens is 3. The first-order valence-electron chi connectivity index (χ1n) is 5.51. The Bertz CT molecular complexity index is 474. The highest BCUT2D eigenvalue weighted by Gasteiger charge is 2.34. The summed E-state index contributed by atoms with van der Waals surface area (Å²) < 4.78 is 0. The number of nitrogens with one attached hydrogen (secondary N) is 1. The van der Waals surface area contributed by atoms with Crippen LogP contribution in [0.2, 0.25) is 0 Å². The molecule has 1 aromatic rings. The number of allylic oxidation sites excluding steroid dienone is 2. The molecule has 2 atom stereocenters. The predicted molar refractivity (Wildman–Crippen MR) is 61.4 cm³/mol. The molecule has 0 radical (unpaired) electrons. The minimum absolute atomic E-state index is 0.0844. The molecule has 0 aromatic carbocycles. The molecule has 0 fully saturated rings. The zero-order valence-corrected chi connectivity index (χ0v) is 9.48. The standard InChI is InChI=1S/C11H12N4O3/c16-9(14-11-12-5-6-13-15-11)7-3-1-2-4-8(7)10(17)18/h1-2,5-8H,3-4H2,(H,17,18)(H,12,14,15,16)/t7-,8+/m1/s1. The molecule has 1 aliphatic carbocycles. The lowest BCUT2D eigenvalue weighted by atomic mass is 9.82. The minimum Gasteiger partial charge on any atom is -0.481 e. The van der Waals surface area contributed by atoms with Crippen LogP contribution in [0.15, 0.2) is 24.5 Å². The number of carbonyl (C=O) groups excluding carboxylic acids is 1. The van der Waals surface area contributed by atoms with E-state index in [0.717, 1.165) is 0 Å². The number of carbonyl (C=O) groups is 2. The summed E-state index contributed by atoms with van der Waals surface area (Å²) in [7, 11) is 0. The number of carboxylic acids is 1. The average Bonchev–Trinajstić information content (AvgIpc) is 2.40. The summed E-state index contributed by atoms with van der Waals surface area (Å²) in [5, 5.41) is 18.7. The van der Waals surface area contributed by atoms with Gasteiger partial charge in [-0.05, 0) is 12.8 Å². The zero-order chi connectivity index (χ0) is 13.0. The molecule has 0 unspecified atom stereocenters. The molecular formula is C11H12N4O3. The van der Waals surface area contributed by atoms with Crippen LogP contribution < -0.4 is 5.32 Å². The topological polar surface area (TPSA) is 105 Å². The quantitative estimate of drug-likeness (QED) is 0.753. The maximum Gasteiger partial charge on any atom is 0.307 e. The lowest BCUT2D eigenvalue weighted by Crippen LogP contribution is -2.35. The second-order valence-electron chi connectivity index (χ2n) is 3.95. The Hall–Kier alpha value is -2.31. The zero-order valence-electron chi connectivity index (χ0n) is 9.48. The minimum atomic E-state index is -0.966. The van der Waals surface area contributed by atoms with Gasteiger partial charge in [0.2, 0.25) is 11.9 Å². The fraction of sp³-hybridized carbons (Fsp3) is 0.364. The fourth-order valence-electron chi connectivity index (χ4n) is 1.88. The normalized spacial score (nSPS) is 22.4. The Morgan fingerprint density at radius 2 is 1.94 bits per heavy atom. The first-order chi connectivity index (χ1) is 8.68. The molecule has 1 aromatic heterocycles. The van der Waals surface area contributed by atoms with E-state index < -0.39 is 17.8 Å². The van der Waals surface area contributed by atoms with E-state index in [0.29, 0.717) is 12.8 Å². The van der Waals surface area contributed by atoms with Crippen molar-refractivity contribution in [3.05, 3.63) is 24.5 Å². The summed E-state index contributed by atoms with van der Waals surface area (Å²) in [6, 6.07) is 0. The molecule has 2 rings (SSSR count). The van der Waals surface area contributed by atoms with Crippen molar-refractivity contribution in [3.63, 3.8) is 0 Å². The molecule has 0 saturated heterocycles. The van der Waals surface area contributed by atoms with Gasteiger partial charge in [0.15, 0.2) is 0 Å². The summed E-state index contributed by atoms with van der Waals surface area (Å²) >= 11 is 0. The smallest absolute Gasteiger partial charge is 0.307 e. The molecule has 0 saturated carbocycles. The van der Waals surface area contributed by atoms with Gasteiger partial charge >= 0.3 is 5.97 Å². The average molecular weight is 248 g/mol. The van der Waals surface area contributed by atoms with Crippen molar-refractivity contribution in [1.82, 2.24) is 15.2 Å². The van der Waals surface area contributed by atoms with Crippen molar-refractivity contribution >= 4 is 17.8 Å². The molecule has 7 nitrogen and oxygen atoms in total. The molecule has 18 heavy (non-hydrogen) atoms. The largest absolute Gasteiger partial charge is 0.481 e. The molecule has 94 valence electrons. The van der Waals surface area contributed by atoms with E-state index in [-0.39, 0.29) is 11.9 Å². The van der Waals surface area contributed by atoms with Gasteiger partial charge in [0.25, 0.3) is 0 Å². The number of carboxylic acid groups (broad SMARTS) is 1. The molecule has 0 bridgehead atoms. The summed E-state index contributed by atoms with van der Waals surface area (Å²) in [4.78, 5) is 26.8. The van der Waals surface area contributed by atoms with Gasteiger partial charge in [-0.15, -0.1) is 5.10 Å². The van der Waals surface area contributed by atoms with Crippen LogP contribution in [0.25, 0.3) is 0 Å². The van der Waals surface area contributed by atoms with Crippen LogP contribution in [-0.4, -0.2) is 32.2 Å². The van der Waals surface area contributed by atoms with Crippen LogP contribution in [-0.2, 0) is 9.59 Å². The number of rotatable bonds is 3. The number of anilines is 1. The fourth-order valence-corrected chi connectivity index (χ4v) is 1.88. The molecule has 7 heteroatoms. The number of aliphatic carboxylic acids is 1.